The first-order chi connectivity index (χ1) is 11.4. The second-order valence-electron chi connectivity index (χ2n) is 5.17. The van der Waals surface area contributed by atoms with Crippen molar-refractivity contribution in [2.75, 3.05) is 5.32 Å². The minimum atomic E-state index is -0.333. The van der Waals surface area contributed by atoms with E-state index in [0.29, 0.717) is 22.5 Å². The molecule has 1 rings (SSSR count). The number of ketones is 1. The predicted molar refractivity (Wildman–Crippen MR) is 100 cm³/mol. The van der Waals surface area contributed by atoms with Crippen LogP contribution in [0.2, 0.25) is 0 Å². The highest BCUT2D eigenvalue weighted by Gasteiger charge is 2.09. The molecule has 0 fully saturated rings. The smallest absolute Gasteiger partial charge is 0.255 e. The van der Waals surface area contributed by atoms with Crippen LogP contribution in [0.5, 0.6) is 0 Å². The molecule has 124 valence electrons. The Balaban J connectivity index is 3.08. The highest BCUT2D eigenvalue weighted by Crippen LogP contribution is 2.13. The second kappa shape index (κ2) is 9.20. The van der Waals surface area contributed by atoms with E-state index >= 15 is 0 Å². The number of benzene rings is 1. The van der Waals surface area contributed by atoms with Crippen molar-refractivity contribution < 1.29 is 9.59 Å². The van der Waals surface area contributed by atoms with Crippen LogP contribution in [0.1, 0.15) is 31.1 Å². The second-order valence-corrected chi connectivity index (χ2v) is 5.17. The standard InChI is InChI=1S/C20H22N2O2/c1-6-11-21-19(14(3)4)13-16(7-2)20(24)22-18-10-8-9-17(12-18)15(5)23/h6-13H,2-3H2,1,4-5H3,(H,22,24)/b11-6-,16-13+,21-19+. The third-order valence-corrected chi connectivity index (χ3v) is 3.10. The molecule has 0 unspecified atom stereocenters. The molecule has 4 heteroatoms. The molecule has 4 nitrogen and oxygen atoms in total. The van der Waals surface area contributed by atoms with E-state index in [4.69, 9.17) is 0 Å². The van der Waals surface area contributed by atoms with Crippen LogP contribution in [-0.4, -0.2) is 17.4 Å². The fourth-order valence-corrected chi connectivity index (χ4v) is 1.81. The Morgan fingerprint density at radius 1 is 1.25 bits per heavy atom. The molecule has 1 N–H and O–H groups in total. The molecule has 0 spiro atoms. The van der Waals surface area contributed by atoms with Gasteiger partial charge in [0.1, 0.15) is 0 Å². The van der Waals surface area contributed by atoms with Gasteiger partial charge < -0.3 is 5.32 Å². The van der Waals surface area contributed by atoms with E-state index in [0.717, 1.165) is 5.57 Å². The van der Waals surface area contributed by atoms with Crippen molar-refractivity contribution in [2.45, 2.75) is 20.8 Å². The van der Waals surface area contributed by atoms with Gasteiger partial charge in [0.2, 0.25) is 0 Å². The van der Waals surface area contributed by atoms with Crippen LogP contribution < -0.4 is 5.32 Å². The number of amides is 1. The Morgan fingerprint density at radius 2 is 1.96 bits per heavy atom. The molecule has 0 bridgehead atoms. The molecule has 0 heterocycles. The SMILES string of the molecule is C=C\C(=C/C(=N\C=C/C)C(=C)C)C(=O)Nc1cccc(C(C)=O)c1. The van der Waals surface area contributed by atoms with Crippen molar-refractivity contribution in [2.24, 2.45) is 4.99 Å². The summed E-state index contributed by atoms with van der Waals surface area (Å²) in [5, 5.41) is 2.76. The lowest BCUT2D eigenvalue weighted by Crippen LogP contribution is -2.15. The summed E-state index contributed by atoms with van der Waals surface area (Å²) in [7, 11) is 0. The molecule has 1 amide bonds. The summed E-state index contributed by atoms with van der Waals surface area (Å²) < 4.78 is 0. The summed E-state index contributed by atoms with van der Waals surface area (Å²) in [6.45, 7) is 12.7. The lowest BCUT2D eigenvalue weighted by molar-refractivity contribution is -0.112. The zero-order valence-electron chi connectivity index (χ0n) is 14.3. The predicted octanol–water partition coefficient (Wildman–Crippen LogP) is 4.49. The van der Waals surface area contributed by atoms with Crippen LogP contribution in [0.25, 0.3) is 0 Å². The molecule has 0 aliphatic heterocycles. The quantitative estimate of drug-likeness (QED) is 0.348. The van der Waals surface area contributed by atoms with Gasteiger partial charge in [0.25, 0.3) is 5.91 Å². The summed E-state index contributed by atoms with van der Waals surface area (Å²) in [5.74, 6) is -0.395. The first kappa shape index (κ1) is 19.0. The summed E-state index contributed by atoms with van der Waals surface area (Å²) in [4.78, 5) is 28.1. The number of Topliss-reactive ketones (excluding diaryl/α,β-unsaturated/α-hetero) is 1. The van der Waals surface area contributed by atoms with Gasteiger partial charge in [0, 0.05) is 23.0 Å². The third-order valence-electron chi connectivity index (χ3n) is 3.10. The summed E-state index contributed by atoms with van der Waals surface area (Å²) in [6, 6.07) is 6.77. The fourth-order valence-electron chi connectivity index (χ4n) is 1.81. The van der Waals surface area contributed by atoms with Gasteiger partial charge >= 0.3 is 0 Å². The van der Waals surface area contributed by atoms with Gasteiger partial charge in [-0.2, -0.15) is 0 Å². The summed E-state index contributed by atoms with van der Waals surface area (Å²) in [6.07, 6.45) is 6.50. The Hall–Kier alpha value is -3.01. The van der Waals surface area contributed by atoms with Gasteiger partial charge in [-0.15, -0.1) is 0 Å². The Kier molecular flexibility index (Phi) is 7.30. The van der Waals surface area contributed by atoms with E-state index in [1.165, 1.54) is 13.0 Å². The van der Waals surface area contributed by atoms with Crippen molar-refractivity contribution >= 4 is 23.1 Å². The van der Waals surface area contributed by atoms with Gasteiger partial charge in [0.05, 0.1) is 5.71 Å². The number of allylic oxidation sites excluding steroid dienone is 3. The van der Waals surface area contributed by atoms with Crippen molar-refractivity contribution in [3.63, 3.8) is 0 Å². The van der Waals surface area contributed by atoms with Crippen LogP contribution in [-0.2, 0) is 4.79 Å². The van der Waals surface area contributed by atoms with E-state index in [1.54, 1.807) is 42.6 Å². The van der Waals surface area contributed by atoms with Gasteiger partial charge in [-0.05, 0) is 44.6 Å². The van der Waals surface area contributed by atoms with Crippen molar-refractivity contribution in [3.05, 3.63) is 78.6 Å². The number of nitrogens with zero attached hydrogens (tertiary/aromatic N) is 1. The van der Waals surface area contributed by atoms with Crippen molar-refractivity contribution in [1.82, 2.24) is 0 Å². The monoisotopic (exact) mass is 322 g/mol. The largest absolute Gasteiger partial charge is 0.322 e. The molecule has 0 aromatic heterocycles. The maximum absolute atomic E-state index is 12.4. The Labute approximate surface area is 143 Å². The number of anilines is 1. The van der Waals surface area contributed by atoms with Crippen LogP contribution >= 0.6 is 0 Å². The number of hydrogen-bond donors (Lipinski definition) is 1. The van der Waals surface area contributed by atoms with Gasteiger partial charge in [-0.25, -0.2) is 0 Å². The molecular weight excluding hydrogens is 300 g/mol. The molecule has 0 saturated heterocycles. The van der Waals surface area contributed by atoms with Crippen LogP contribution in [0.4, 0.5) is 5.69 Å². The van der Waals surface area contributed by atoms with Crippen LogP contribution in [0.3, 0.4) is 0 Å². The van der Waals surface area contributed by atoms with Gasteiger partial charge in [-0.3, -0.25) is 14.6 Å². The molecule has 0 atom stereocenters. The number of rotatable bonds is 7. The Morgan fingerprint density at radius 3 is 2.50 bits per heavy atom. The molecule has 1 aromatic carbocycles. The molecule has 1 aromatic rings. The number of aliphatic imine (C=N–C) groups is 1. The van der Waals surface area contributed by atoms with Gasteiger partial charge in [0.15, 0.2) is 5.78 Å². The number of carbonyl (C=O) groups is 2. The molecular formula is C20H22N2O2. The number of nitrogens with one attached hydrogen (secondary N) is 1. The molecule has 0 saturated carbocycles. The zero-order valence-corrected chi connectivity index (χ0v) is 14.3. The average molecular weight is 322 g/mol. The van der Waals surface area contributed by atoms with E-state index in [9.17, 15) is 9.59 Å². The average Bonchev–Trinajstić information content (AvgIpc) is 2.54. The van der Waals surface area contributed by atoms with E-state index in [1.807, 2.05) is 13.8 Å². The maximum Gasteiger partial charge on any atom is 0.255 e. The van der Waals surface area contributed by atoms with E-state index in [2.05, 4.69) is 23.5 Å². The molecule has 24 heavy (non-hydrogen) atoms. The minimum Gasteiger partial charge on any atom is -0.322 e. The molecule has 0 aliphatic carbocycles. The first-order valence-corrected chi connectivity index (χ1v) is 7.50. The van der Waals surface area contributed by atoms with Crippen molar-refractivity contribution in [3.8, 4) is 0 Å². The highest BCUT2D eigenvalue weighted by molar-refractivity contribution is 6.15. The van der Waals surface area contributed by atoms with Crippen LogP contribution in [0.15, 0.2) is 78.0 Å². The van der Waals surface area contributed by atoms with Crippen molar-refractivity contribution in [1.29, 1.82) is 0 Å². The normalized spacial score (nSPS) is 12.1. The Bertz CT molecular complexity index is 753. The summed E-state index contributed by atoms with van der Waals surface area (Å²) >= 11 is 0. The third kappa shape index (κ3) is 5.65. The first-order valence-electron chi connectivity index (χ1n) is 7.50. The minimum absolute atomic E-state index is 0.0614. The molecule has 0 aliphatic rings. The van der Waals surface area contributed by atoms with Crippen LogP contribution in [0, 0.1) is 0 Å². The van der Waals surface area contributed by atoms with E-state index < -0.39 is 0 Å². The maximum atomic E-state index is 12.4. The van der Waals surface area contributed by atoms with E-state index in [-0.39, 0.29) is 11.7 Å². The zero-order chi connectivity index (χ0) is 18.1. The van der Waals surface area contributed by atoms with Gasteiger partial charge in [-0.1, -0.05) is 37.4 Å². The molecule has 0 radical (unpaired) electrons. The summed E-state index contributed by atoms with van der Waals surface area (Å²) in [5.41, 5.74) is 2.76. The topological polar surface area (TPSA) is 58.5 Å². The number of carbonyl (C=O) groups excluding carboxylic acids is 2. The highest BCUT2D eigenvalue weighted by atomic mass is 16.1. The lowest BCUT2D eigenvalue weighted by atomic mass is 10.1. The lowest BCUT2D eigenvalue weighted by Gasteiger charge is -2.08. The fraction of sp³-hybridized carbons (Fsp3) is 0.150. The number of hydrogen-bond acceptors (Lipinski definition) is 3.